The number of likely N-dealkylation sites (tertiary alicyclic amines) is 1. The first-order valence-electron chi connectivity index (χ1n) is 9.53. The molecule has 5 atom stereocenters. The molecule has 0 aromatic heterocycles. The fourth-order valence-corrected chi connectivity index (χ4v) is 4.81. The highest BCUT2D eigenvalue weighted by molar-refractivity contribution is 6.10. The van der Waals surface area contributed by atoms with Gasteiger partial charge in [-0.05, 0) is 37.2 Å². The predicted molar refractivity (Wildman–Crippen MR) is 100.0 cm³/mol. The molecular formula is C20H21N3O5. The van der Waals surface area contributed by atoms with E-state index in [4.69, 9.17) is 0 Å². The van der Waals surface area contributed by atoms with Crippen molar-refractivity contribution in [3.05, 3.63) is 46.5 Å². The normalized spacial score (nSPS) is 29.0. The Balaban J connectivity index is 1.56. The molecule has 0 unspecified atom stereocenters. The molecule has 1 heterocycles. The SMILES string of the molecule is CC[C@@H](C(=O)Nc1cccc([N+](=O)[O-])c1)N1C(=O)[C@@H]2[C@H](C1=O)[C@H]1C=C[C@H]2CC1. The van der Waals surface area contributed by atoms with Crippen LogP contribution >= 0.6 is 0 Å². The van der Waals surface area contributed by atoms with Crippen LogP contribution in [0.15, 0.2) is 36.4 Å². The molecule has 8 nitrogen and oxygen atoms in total. The molecule has 2 bridgehead atoms. The highest BCUT2D eigenvalue weighted by Gasteiger charge is 2.58. The molecule has 2 fully saturated rings. The molecule has 4 aliphatic rings. The zero-order valence-electron chi connectivity index (χ0n) is 15.4. The van der Waals surface area contributed by atoms with Crippen LogP contribution in [0.4, 0.5) is 11.4 Å². The summed E-state index contributed by atoms with van der Waals surface area (Å²) in [6.07, 6.45) is 6.14. The Bertz CT molecular complexity index is 864. The third-order valence-corrected chi connectivity index (χ3v) is 6.12. The molecule has 28 heavy (non-hydrogen) atoms. The second kappa shape index (κ2) is 6.85. The number of allylic oxidation sites excluding steroid dienone is 2. The number of benzene rings is 1. The average Bonchev–Trinajstić information content (AvgIpc) is 2.97. The Morgan fingerprint density at radius 1 is 1.21 bits per heavy atom. The third kappa shape index (κ3) is 2.80. The van der Waals surface area contributed by atoms with Crippen LogP contribution in [-0.2, 0) is 14.4 Å². The summed E-state index contributed by atoms with van der Waals surface area (Å²) in [4.78, 5) is 50.4. The van der Waals surface area contributed by atoms with Gasteiger partial charge in [-0.1, -0.05) is 25.1 Å². The van der Waals surface area contributed by atoms with Crippen molar-refractivity contribution in [2.75, 3.05) is 5.32 Å². The second-order valence-electron chi connectivity index (χ2n) is 7.61. The van der Waals surface area contributed by atoms with Crippen LogP contribution in [0.3, 0.4) is 0 Å². The summed E-state index contributed by atoms with van der Waals surface area (Å²) in [6.45, 7) is 1.74. The van der Waals surface area contributed by atoms with Gasteiger partial charge in [-0.3, -0.25) is 29.4 Å². The van der Waals surface area contributed by atoms with Crippen molar-refractivity contribution in [3.63, 3.8) is 0 Å². The molecule has 3 amide bonds. The summed E-state index contributed by atoms with van der Waals surface area (Å²) in [6, 6.07) is 4.66. The van der Waals surface area contributed by atoms with E-state index in [0.717, 1.165) is 17.7 Å². The number of carbonyl (C=O) groups excluding carboxylic acids is 3. The predicted octanol–water partition coefficient (Wildman–Crippen LogP) is 2.51. The molecule has 0 radical (unpaired) electrons. The minimum absolute atomic E-state index is 0.0637. The smallest absolute Gasteiger partial charge is 0.271 e. The van der Waals surface area contributed by atoms with Gasteiger partial charge in [0.05, 0.1) is 16.8 Å². The highest BCUT2D eigenvalue weighted by Crippen LogP contribution is 2.50. The number of nitro benzene ring substituents is 1. The number of nitrogens with one attached hydrogen (secondary N) is 1. The van der Waals surface area contributed by atoms with Crippen molar-refractivity contribution in [1.82, 2.24) is 4.90 Å². The van der Waals surface area contributed by atoms with Gasteiger partial charge in [-0.2, -0.15) is 0 Å². The van der Waals surface area contributed by atoms with Crippen molar-refractivity contribution in [2.24, 2.45) is 23.7 Å². The Kier molecular flexibility index (Phi) is 4.49. The number of non-ortho nitro benzene ring substituents is 1. The molecule has 0 spiro atoms. The third-order valence-electron chi connectivity index (χ3n) is 6.12. The van der Waals surface area contributed by atoms with Crippen LogP contribution in [0.25, 0.3) is 0 Å². The first kappa shape index (κ1) is 18.3. The van der Waals surface area contributed by atoms with E-state index in [1.54, 1.807) is 6.92 Å². The average molecular weight is 383 g/mol. The van der Waals surface area contributed by atoms with E-state index in [2.05, 4.69) is 5.32 Å². The number of hydrogen-bond donors (Lipinski definition) is 1. The highest BCUT2D eigenvalue weighted by atomic mass is 16.6. The summed E-state index contributed by atoms with van der Waals surface area (Å²) >= 11 is 0. The number of amides is 3. The molecule has 146 valence electrons. The molecular weight excluding hydrogens is 362 g/mol. The number of imide groups is 1. The first-order chi connectivity index (χ1) is 13.4. The van der Waals surface area contributed by atoms with Crippen molar-refractivity contribution < 1.29 is 19.3 Å². The van der Waals surface area contributed by atoms with Gasteiger partial charge in [0.15, 0.2) is 0 Å². The molecule has 1 aliphatic heterocycles. The standard InChI is InChI=1S/C20H21N3O5/c1-2-15(18(24)21-13-4-3-5-14(10-13)23(27)28)22-19(25)16-11-6-7-12(9-8-11)17(16)20(22)26/h3-7,10-12,15-17H,2,8-9H2,1H3,(H,21,24)/t11-,12-,15-,16-,17+/m0/s1. The lowest BCUT2D eigenvalue weighted by Gasteiger charge is -2.38. The maximum absolute atomic E-state index is 13.0. The minimum atomic E-state index is -0.927. The van der Waals surface area contributed by atoms with Gasteiger partial charge in [0, 0.05) is 17.8 Å². The van der Waals surface area contributed by atoms with Crippen molar-refractivity contribution in [2.45, 2.75) is 32.2 Å². The van der Waals surface area contributed by atoms with Crippen LogP contribution in [0, 0.1) is 33.8 Å². The van der Waals surface area contributed by atoms with E-state index in [1.165, 1.54) is 24.3 Å². The summed E-state index contributed by atoms with van der Waals surface area (Å²) < 4.78 is 0. The second-order valence-corrected chi connectivity index (χ2v) is 7.61. The maximum atomic E-state index is 13.0. The van der Waals surface area contributed by atoms with E-state index in [0.29, 0.717) is 0 Å². The van der Waals surface area contributed by atoms with E-state index in [-0.39, 0.29) is 53.3 Å². The number of anilines is 1. The van der Waals surface area contributed by atoms with Gasteiger partial charge >= 0.3 is 0 Å². The number of fused-ring (bicyclic) bond motifs is 1. The molecule has 1 aromatic carbocycles. The largest absolute Gasteiger partial charge is 0.324 e. The lowest BCUT2D eigenvalue weighted by molar-refractivity contribution is -0.384. The Morgan fingerprint density at radius 2 is 1.82 bits per heavy atom. The fourth-order valence-electron chi connectivity index (χ4n) is 4.81. The number of rotatable bonds is 5. The number of hydrogen-bond acceptors (Lipinski definition) is 5. The fraction of sp³-hybridized carbons (Fsp3) is 0.450. The molecule has 1 aromatic rings. The van der Waals surface area contributed by atoms with Crippen molar-refractivity contribution >= 4 is 29.1 Å². The summed E-state index contributed by atoms with van der Waals surface area (Å²) in [7, 11) is 0. The van der Waals surface area contributed by atoms with Crippen LogP contribution in [0.5, 0.6) is 0 Å². The van der Waals surface area contributed by atoms with Gasteiger partial charge in [0.1, 0.15) is 6.04 Å². The van der Waals surface area contributed by atoms with Crippen LogP contribution in [0.1, 0.15) is 26.2 Å². The first-order valence-corrected chi connectivity index (χ1v) is 9.53. The molecule has 8 heteroatoms. The van der Waals surface area contributed by atoms with Crippen LogP contribution < -0.4 is 5.32 Å². The van der Waals surface area contributed by atoms with Crippen molar-refractivity contribution in [3.8, 4) is 0 Å². The van der Waals surface area contributed by atoms with Gasteiger partial charge in [0.25, 0.3) is 5.69 Å². The number of carbonyl (C=O) groups is 3. The van der Waals surface area contributed by atoms with Gasteiger partial charge in [0.2, 0.25) is 17.7 Å². The lowest BCUT2D eigenvalue weighted by Crippen LogP contribution is -2.47. The Morgan fingerprint density at radius 3 is 2.32 bits per heavy atom. The number of nitro groups is 1. The Labute approximate surface area is 161 Å². The van der Waals surface area contributed by atoms with Crippen LogP contribution in [-0.4, -0.2) is 33.6 Å². The van der Waals surface area contributed by atoms with Crippen molar-refractivity contribution in [1.29, 1.82) is 0 Å². The van der Waals surface area contributed by atoms with Crippen LogP contribution in [0.2, 0.25) is 0 Å². The topological polar surface area (TPSA) is 110 Å². The van der Waals surface area contributed by atoms with Gasteiger partial charge in [-0.25, -0.2) is 0 Å². The summed E-state index contributed by atoms with van der Waals surface area (Å²) in [5.74, 6) is -1.65. The minimum Gasteiger partial charge on any atom is -0.324 e. The Hall–Kier alpha value is -3.03. The van der Waals surface area contributed by atoms with E-state index >= 15 is 0 Å². The summed E-state index contributed by atoms with van der Waals surface area (Å²) in [5, 5.41) is 13.5. The molecule has 3 aliphatic carbocycles. The lowest BCUT2D eigenvalue weighted by atomic mass is 9.63. The monoisotopic (exact) mass is 383 g/mol. The van der Waals surface area contributed by atoms with E-state index in [9.17, 15) is 24.5 Å². The molecule has 1 saturated carbocycles. The van der Waals surface area contributed by atoms with E-state index < -0.39 is 16.9 Å². The zero-order valence-corrected chi connectivity index (χ0v) is 15.4. The zero-order chi connectivity index (χ0) is 20.0. The summed E-state index contributed by atoms with van der Waals surface area (Å²) in [5.41, 5.74) is 0.115. The molecule has 1 N–H and O–H groups in total. The molecule has 5 rings (SSSR count). The maximum Gasteiger partial charge on any atom is 0.271 e. The van der Waals surface area contributed by atoms with Gasteiger partial charge in [-0.15, -0.1) is 0 Å². The quantitative estimate of drug-likeness (QED) is 0.364. The molecule has 1 saturated heterocycles. The van der Waals surface area contributed by atoms with E-state index in [1.807, 2.05) is 12.2 Å². The number of nitrogens with zero attached hydrogens (tertiary/aromatic N) is 2. The van der Waals surface area contributed by atoms with Gasteiger partial charge < -0.3 is 5.32 Å².